The summed E-state index contributed by atoms with van der Waals surface area (Å²) in [6.07, 6.45) is 6.54. The van der Waals surface area contributed by atoms with Crippen molar-refractivity contribution in [3.05, 3.63) is 29.8 Å². The van der Waals surface area contributed by atoms with Gasteiger partial charge in [-0.3, -0.25) is 4.79 Å². The summed E-state index contributed by atoms with van der Waals surface area (Å²) in [6.45, 7) is 0. The number of rotatable bonds is 5. The summed E-state index contributed by atoms with van der Waals surface area (Å²) in [5.74, 6) is 0.109. The Kier molecular flexibility index (Phi) is 5.19. The molecule has 1 amide bonds. The van der Waals surface area contributed by atoms with Crippen LogP contribution in [0.3, 0.4) is 0 Å². The summed E-state index contributed by atoms with van der Waals surface area (Å²) in [4.78, 5) is 19.6. The van der Waals surface area contributed by atoms with E-state index in [9.17, 15) is 4.79 Å². The highest BCUT2D eigenvalue weighted by Crippen LogP contribution is 2.24. The number of carbonyl (C=O) groups excluding carboxylic acids is 1. The van der Waals surface area contributed by atoms with E-state index in [0.29, 0.717) is 17.3 Å². The number of hydrogen-bond acceptors (Lipinski definition) is 9. The molecule has 0 aromatic carbocycles. The van der Waals surface area contributed by atoms with Crippen molar-refractivity contribution >= 4 is 23.2 Å². The Morgan fingerprint density at radius 1 is 1.23 bits per heavy atom. The van der Waals surface area contributed by atoms with Crippen LogP contribution in [0.1, 0.15) is 41.9 Å². The van der Waals surface area contributed by atoms with E-state index in [0.717, 1.165) is 25.7 Å². The van der Waals surface area contributed by atoms with Crippen LogP contribution in [0.15, 0.2) is 18.5 Å². The van der Waals surface area contributed by atoms with Crippen LogP contribution in [0.4, 0.5) is 17.3 Å². The van der Waals surface area contributed by atoms with Crippen molar-refractivity contribution < 1.29 is 4.79 Å². The third kappa shape index (κ3) is 4.20. The van der Waals surface area contributed by atoms with Crippen molar-refractivity contribution in [2.24, 2.45) is 11.5 Å². The number of aromatic nitrogens is 4. The number of carbonyl (C=O) groups is 1. The van der Waals surface area contributed by atoms with Crippen molar-refractivity contribution in [2.45, 2.75) is 37.8 Å². The number of nitrogens with zero attached hydrogens (tertiary/aromatic N) is 5. The Bertz CT molecular complexity index is 831. The number of anilines is 3. The minimum atomic E-state index is -0.662. The number of hydrogen-bond donors (Lipinski definition) is 4. The Balaban J connectivity index is 1.81. The minimum absolute atomic E-state index is 0.0700. The second-order valence-electron chi connectivity index (χ2n) is 6.15. The standard InChI is InChI=1S/C16H19N9O/c17-6-11-7-21-14(8-20-11)23-13-5-12(15(16(19)26)25-24-13)22-10-3-1-2-9(18)4-10/h5,7-10H,1-4,18H2,(H2,19,26)(H2,21,22,23,24). The van der Waals surface area contributed by atoms with Gasteiger partial charge in [-0.25, -0.2) is 9.97 Å². The van der Waals surface area contributed by atoms with Crippen molar-refractivity contribution in [1.82, 2.24) is 20.2 Å². The van der Waals surface area contributed by atoms with Gasteiger partial charge in [0.05, 0.1) is 18.1 Å². The molecule has 10 nitrogen and oxygen atoms in total. The smallest absolute Gasteiger partial charge is 0.271 e. The average Bonchev–Trinajstić information content (AvgIpc) is 2.62. The molecule has 2 unspecified atom stereocenters. The van der Waals surface area contributed by atoms with E-state index in [4.69, 9.17) is 16.7 Å². The maximum absolute atomic E-state index is 11.6. The summed E-state index contributed by atoms with van der Waals surface area (Å²) in [7, 11) is 0. The van der Waals surface area contributed by atoms with Gasteiger partial charge < -0.3 is 22.1 Å². The molecule has 1 aliphatic carbocycles. The lowest BCUT2D eigenvalue weighted by atomic mass is 9.91. The zero-order valence-electron chi connectivity index (χ0n) is 14.0. The quantitative estimate of drug-likeness (QED) is 0.603. The summed E-state index contributed by atoms with van der Waals surface area (Å²) >= 11 is 0. The van der Waals surface area contributed by atoms with Gasteiger partial charge in [-0.15, -0.1) is 10.2 Å². The Morgan fingerprint density at radius 3 is 2.73 bits per heavy atom. The molecule has 1 fully saturated rings. The van der Waals surface area contributed by atoms with Crippen LogP contribution in [0, 0.1) is 11.3 Å². The van der Waals surface area contributed by atoms with Crippen LogP contribution >= 0.6 is 0 Å². The van der Waals surface area contributed by atoms with Crippen molar-refractivity contribution in [1.29, 1.82) is 5.26 Å². The average molecular weight is 353 g/mol. The molecule has 2 heterocycles. The van der Waals surface area contributed by atoms with Gasteiger partial charge >= 0.3 is 0 Å². The van der Waals surface area contributed by atoms with Gasteiger partial charge in [-0.2, -0.15) is 5.26 Å². The molecule has 6 N–H and O–H groups in total. The first-order chi connectivity index (χ1) is 12.5. The molecular formula is C16H19N9O. The van der Waals surface area contributed by atoms with E-state index >= 15 is 0 Å². The van der Waals surface area contributed by atoms with Crippen LogP contribution in [0.5, 0.6) is 0 Å². The van der Waals surface area contributed by atoms with Gasteiger partial charge in [0.1, 0.15) is 11.9 Å². The van der Waals surface area contributed by atoms with E-state index in [1.54, 1.807) is 6.07 Å². The van der Waals surface area contributed by atoms with E-state index < -0.39 is 5.91 Å². The fraction of sp³-hybridized carbons (Fsp3) is 0.375. The fourth-order valence-corrected chi connectivity index (χ4v) is 2.90. The van der Waals surface area contributed by atoms with Gasteiger partial charge in [-0.05, 0) is 25.7 Å². The first-order valence-corrected chi connectivity index (χ1v) is 8.24. The number of nitrogens with one attached hydrogen (secondary N) is 2. The third-order valence-electron chi connectivity index (χ3n) is 4.12. The van der Waals surface area contributed by atoms with Crippen LogP contribution in [0.2, 0.25) is 0 Å². The third-order valence-corrected chi connectivity index (χ3v) is 4.12. The molecule has 2 atom stereocenters. The van der Waals surface area contributed by atoms with Crippen molar-refractivity contribution in [2.75, 3.05) is 10.6 Å². The predicted molar refractivity (Wildman–Crippen MR) is 94.4 cm³/mol. The maximum Gasteiger partial charge on any atom is 0.271 e. The number of nitrogens with two attached hydrogens (primary N) is 2. The Labute approximate surface area is 150 Å². The normalized spacial score (nSPS) is 19.4. The fourth-order valence-electron chi connectivity index (χ4n) is 2.90. The highest BCUT2D eigenvalue weighted by molar-refractivity contribution is 5.96. The summed E-state index contributed by atoms with van der Waals surface area (Å²) in [5.41, 5.74) is 12.2. The van der Waals surface area contributed by atoms with Crippen molar-refractivity contribution in [3.63, 3.8) is 0 Å². The van der Waals surface area contributed by atoms with Gasteiger partial charge in [0, 0.05) is 18.2 Å². The lowest BCUT2D eigenvalue weighted by Gasteiger charge is -2.28. The van der Waals surface area contributed by atoms with Gasteiger partial charge in [0.15, 0.2) is 17.2 Å². The maximum atomic E-state index is 11.6. The second-order valence-corrected chi connectivity index (χ2v) is 6.15. The van der Waals surface area contributed by atoms with Gasteiger partial charge in [0.2, 0.25) is 0 Å². The largest absolute Gasteiger partial charge is 0.380 e. The number of primary amides is 1. The molecule has 134 valence electrons. The first-order valence-electron chi connectivity index (χ1n) is 8.24. The molecule has 0 radical (unpaired) electrons. The SMILES string of the molecule is N#Cc1cnc(Nc2cc(NC3CCCC(N)C3)c(C(N)=O)nn2)cn1. The molecule has 0 bridgehead atoms. The van der Waals surface area contributed by atoms with Crippen LogP contribution < -0.4 is 22.1 Å². The lowest BCUT2D eigenvalue weighted by Crippen LogP contribution is -2.35. The summed E-state index contributed by atoms with van der Waals surface area (Å²) in [6, 6.07) is 3.82. The van der Waals surface area contributed by atoms with Crippen LogP contribution in [-0.4, -0.2) is 38.2 Å². The van der Waals surface area contributed by atoms with E-state index in [2.05, 4.69) is 30.8 Å². The summed E-state index contributed by atoms with van der Waals surface area (Å²) in [5, 5.41) is 22.9. The topological polar surface area (TPSA) is 169 Å². The number of amides is 1. The molecule has 10 heteroatoms. The first kappa shape index (κ1) is 17.5. The lowest BCUT2D eigenvalue weighted by molar-refractivity contribution is 0.0995. The Hall–Kier alpha value is -3.32. The predicted octanol–water partition coefficient (Wildman–Crippen LogP) is 0.663. The van der Waals surface area contributed by atoms with E-state index in [1.165, 1.54) is 12.4 Å². The molecule has 1 aliphatic rings. The molecule has 2 aromatic heterocycles. The van der Waals surface area contributed by atoms with Crippen LogP contribution in [-0.2, 0) is 0 Å². The molecule has 1 saturated carbocycles. The highest BCUT2D eigenvalue weighted by Gasteiger charge is 2.22. The zero-order valence-corrected chi connectivity index (χ0v) is 14.0. The van der Waals surface area contributed by atoms with Gasteiger partial charge in [-0.1, -0.05) is 0 Å². The molecule has 0 spiro atoms. The van der Waals surface area contributed by atoms with E-state index in [1.807, 2.05) is 6.07 Å². The van der Waals surface area contributed by atoms with Crippen molar-refractivity contribution in [3.8, 4) is 6.07 Å². The highest BCUT2D eigenvalue weighted by atomic mass is 16.1. The molecule has 0 aliphatic heterocycles. The summed E-state index contributed by atoms with van der Waals surface area (Å²) < 4.78 is 0. The molecule has 2 aromatic rings. The minimum Gasteiger partial charge on any atom is -0.380 e. The molecule has 0 saturated heterocycles. The number of nitriles is 1. The Morgan fingerprint density at radius 2 is 2.08 bits per heavy atom. The van der Waals surface area contributed by atoms with Crippen LogP contribution in [0.25, 0.3) is 0 Å². The second kappa shape index (κ2) is 7.71. The molecule has 3 rings (SSSR count). The zero-order chi connectivity index (χ0) is 18.5. The van der Waals surface area contributed by atoms with Gasteiger partial charge in [0.25, 0.3) is 5.91 Å². The monoisotopic (exact) mass is 353 g/mol. The molecule has 26 heavy (non-hydrogen) atoms. The van der Waals surface area contributed by atoms with E-state index in [-0.39, 0.29) is 23.5 Å². The molecular weight excluding hydrogens is 334 g/mol.